The minimum Gasteiger partial charge on any atom is -0.398 e. The molecular formula is C15H16BrN3O2. The lowest BCUT2D eigenvalue weighted by Gasteiger charge is -2.10. The highest BCUT2D eigenvalue weighted by atomic mass is 79.9. The number of hydrogen-bond donors (Lipinski definition) is 2. The number of hydrogen-bond acceptors (Lipinski definition) is 3. The molecule has 2 aromatic rings. The molecule has 0 saturated heterocycles. The van der Waals surface area contributed by atoms with Crippen molar-refractivity contribution in [3.05, 3.63) is 56.9 Å². The molecule has 0 bridgehead atoms. The Hall–Kier alpha value is -2.08. The van der Waals surface area contributed by atoms with Crippen molar-refractivity contribution in [3.8, 4) is 0 Å². The highest BCUT2D eigenvalue weighted by molar-refractivity contribution is 9.10. The summed E-state index contributed by atoms with van der Waals surface area (Å²) in [6.45, 7) is 2.18. The topological polar surface area (TPSA) is 77.1 Å². The van der Waals surface area contributed by atoms with E-state index in [1.807, 2.05) is 6.92 Å². The Morgan fingerprint density at radius 2 is 2.10 bits per heavy atom. The summed E-state index contributed by atoms with van der Waals surface area (Å²) in [6, 6.07) is 8.80. The molecule has 0 aliphatic rings. The molecule has 0 radical (unpaired) electrons. The number of nitrogens with two attached hydrogens (primary N) is 1. The number of benzene rings is 1. The van der Waals surface area contributed by atoms with Gasteiger partial charge in [-0.25, -0.2) is 0 Å². The third kappa shape index (κ3) is 3.72. The van der Waals surface area contributed by atoms with Crippen molar-refractivity contribution in [3.63, 3.8) is 0 Å². The second-order valence-corrected chi connectivity index (χ2v) is 5.53. The summed E-state index contributed by atoms with van der Waals surface area (Å²) in [7, 11) is 0. The summed E-state index contributed by atoms with van der Waals surface area (Å²) >= 11 is 3.18. The van der Waals surface area contributed by atoms with Crippen LogP contribution in [0.1, 0.15) is 12.0 Å². The van der Waals surface area contributed by atoms with Gasteiger partial charge in [0.05, 0.1) is 4.47 Å². The fourth-order valence-electron chi connectivity index (χ4n) is 1.91. The standard InChI is InChI=1S/C15H16BrN3O2/c1-10-12(17)5-2-6-13(10)18-14(20)7-9-19-8-3-4-11(16)15(19)21/h2-6,8H,7,9,17H2,1H3,(H,18,20). The van der Waals surface area contributed by atoms with Crippen molar-refractivity contribution in [2.45, 2.75) is 19.9 Å². The molecule has 0 aliphatic carbocycles. The second kappa shape index (κ2) is 6.58. The molecule has 0 saturated carbocycles. The predicted octanol–water partition coefficient (Wildman–Crippen LogP) is 2.53. The van der Waals surface area contributed by atoms with Gasteiger partial charge in [-0.15, -0.1) is 0 Å². The number of carbonyl (C=O) groups is 1. The molecule has 1 heterocycles. The average Bonchev–Trinajstić information content (AvgIpc) is 2.45. The van der Waals surface area contributed by atoms with E-state index in [4.69, 9.17) is 5.73 Å². The molecule has 1 aromatic carbocycles. The van der Waals surface area contributed by atoms with Crippen LogP contribution < -0.4 is 16.6 Å². The molecule has 21 heavy (non-hydrogen) atoms. The van der Waals surface area contributed by atoms with Gasteiger partial charge in [-0.1, -0.05) is 6.07 Å². The first-order valence-corrected chi connectivity index (χ1v) is 7.28. The van der Waals surface area contributed by atoms with Gasteiger partial charge in [0, 0.05) is 30.5 Å². The van der Waals surface area contributed by atoms with Crippen LogP contribution in [0.3, 0.4) is 0 Å². The van der Waals surface area contributed by atoms with E-state index in [0.717, 1.165) is 5.56 Å². The van der Waals surface area contributed by atoms with Crippen molar-refractivity contribution >= 4 is 33.2 Å². The molecule has 3 N–H and O–H groups in total. The summed E-state index contributed by atoms with van der Waals surface area (Å²) < 4.78 is 1.98. The van der Waals surface area contributed by atoms with Crippen molar-refractivity contribution in [1.29, 1.82) is 0 Å². The second-order valence-electron chi connectivity index (χ2n) is 4.67. The number of halogens is 1. The van der Waals surface area contributed by atoms with Crippen LogP contribution in [0.25, 0.3) is 0 Å². The van der Waals surface area contributed by atoms with Crippen LogP contribution in [0.2, 0.25) is 0 Å². The Labute approximate surface area is 130 Å². The SMILES string of the molecule is Cc1c(N)cccc1NC(=O)CCn1cccc(Br)c1=O. The highest BCUT2D eigenvalue weighted by Gasteiger charge is 2.07. The van der Waals surface area contributed by atoms with E-state index >= 15 is 0 Å². The molecule has 6 heteroatoms. The quantitative estimate of drug-likeness (QED) is 0.832. The van der Waals surface area contributed by atoms with Crippen LogP contribution in [0.4, 0.5) is 11.4 Å². The average molecular weight is 350 g/mol. The maximum atomic E-state index is 12.0. The Morgan fingerprint density at radius 1 is 1.33 bits per heavy atom. The molecule has 2 rings (SSSR count). The van der Waals surface area contributed by atoms with Crippen molar-refractivity contribution in [2.24, 2.45) is 0 Å². The molecule has 5 nitrogen and oxygen atoms in total. The summed E-state index contributed by atoms with van der Waals surface area (Å²) in [5.41, 5.74) is 7.82. The molecule has 0 unspecified atom stereocenters. The zero-order valence-corrected chi connectivity index (χ0v) is 13.2. The van der Waals surface area contributed by atoms with Gasteiger partial charge in [0.25, 0.3) is 5.56 Å². The Bertz CT molecular complexity index is 725. The third-order valence-electron chi connectivity index (χ3n) is 3.20. The van der Waals surface area contributed by atoms with E-state index in [-0.39, 0.29) is 17.9 Å². The number of anilines is 2. The highest BCUT2D eigenvalue weighted by Crippen LogP contribution is 2.20. The molecular weight excluding hydrogens is 334 g/mol. The number of rotatable bonds is 4. The lowest BCUT2D eigenvalue weighted by Crippen LogP contribution is -2.23. The van der Waals surface area contributed by atoms with Crippen LogP contribution in [0.15, 0.2) is 45.8 Å². The zero-order valence-electron chi connectivity index (χ0n) is 11.6. The number of amides is 1. The lowest BCUT2D eigenvalue weighted by molar-refractivity contribution is -0.116. The lowest BCUT2D eigenvalue weighted by atomic mass is 10.1. The van der Waals surface area contributed by atoms with Gasteiger partial charge in [-0.2, -0.15) is 0 Å². The third-order valence-corrected chi connectivity index (χ3v) is 3.81. The van der Waals surface area contributed by atoms with Gasteiger partial charge in [-0.05, 0) is 52.7 Å². The van der Waals surface area contributed by atoms with Gasteiger partial charge in [0.2, 0.25) is 5.91 Å². The van der Waals surface area contributed by atoms with Gasteiger partial charge in [0.1, 0.15) is 0 Å². The first-order chi connectivity index (χ1) is 9.99. The molecule has 0 fully saturated rings. The predicted molar refractivity (Wildman–Crippen MR) is 87.2 cm³/mol. The molecule has 1 aromatic heterocycles. The van der Waals surface area contributed by atoms with Crippen molar-refractivity contribution < 1.29 is 4.79 Å². The number of carbonyl (C=O) groups excluding carboxylic acids is 1. The summed E-state index contributed by atoms with van der Waals surface area (Å²) in [5, 5.41) is 2.81. The minimum atomic E-state index is -0.157. The van der Waals surface area contributed by atoms with Crippen LogP contribution >= 0.6 is 15.9 Å². The summed E-state index contributed by atoms with van der Waals surface area (Å²) in [6.07, 6.45) is 1.87. The Kier molecular flexibility index (Phi) is 4.80. The van der Waals surface area contributed by atoms with E-state index < -0.39 is 0 Å². The van der Waals surface area contributed by atoms with E-state index in [2.05, 4.69) is 21.2 Å². The molecule has 110 valence electrons. The van der Waals surface area contributed by atoms with E-state index in [1.165, 1.54) is 4.57 Å². The molecule has 0 aliphatic heterocycles. The largest absolute Gasteiger partial charge is 0.398 e. The van der Waals surface area contributed by atoms with E-state index in [1.54, 1.807) is 36.5 Å². The molecule has 0 atom stereocenters. The first kappa shape index (κ1) is 15.3. The molecule has 0 spiro atoms. The number of nitrogens with one attached hydrogen (secondary N) is 1. The fourth-order valence-corrected chi connectivity index (χ4v) is 2.29. The first-order valence-electron chi connectivity index (χ1n) is 6.49. The summed E-state index contributed by atoms with van der Waals surface area (Å²) in [5.74, 6) is -0.157. The number of nitrogens with zero attached hydrogens (tertiary/aromatic N) is 1. The number of nitrogen functional groups attached to an aromatic ring is 1. The Balaban J connectivity index is 2.01. The normalized spacial score (nSPS) is 10.4. The maximum Gasteiger partial charge on any atom is 0.264 e. The minimum absolute atomic E-state index is 0.148. The van der Waals surface area contributed by atoms with Gasteiger partial charge in [-0.3, -0.25) is 9.59 Å². The van der Waals surface area contributed by atoms with Gasteiger partial charge in [0.15, 0.2) is 0 Å². The maximum absolute atomic E-state index is 12.0. The van der Waals surface area contributed by atoms with Crippen LogP contribution in [-0.2, 0) is 11.3 Å². The monoisotopic (exact) mass is 349 g/mol. The van der Waals surface area contributed by atoms with Crippen LogP contribution in [-0.4, -0.2) is 10.5 Å². The van der Waals surface area contributed by atoms with E-state index in [9.17, 15) is 9.59 Å². The van der Waals surface area contributed by atoms with Crippen molar-refractivity contribution in [1.82, 2.24) is 4.57 Å². The van der Waals surface area contributed by atoms with Crippen LogP contribution in [0.5, 0.6) is 0 Å². The van der Waals surface area contributed by atoms with Crippen LogP contribution in [0, 0.1) is 6.92 Å². The van der Waals surface area contributed by atoms with Crippen molar-refractivity contribution in [2.75, 3.05) is 11.1 Å². The number of pyridine rings is 1. The number of aromatic nitrogens is 1. The number of aryl methyl sites for hydroxylation is 1. The molecule has 1 amide bonds. The van der Waals surface area contributed by atoms with Gasteiger partial charge >= 0.3 is 0 Å². The summed E-state index contributed by atoms with van der Waals surface area (Å²) in [4.78, 5) is 23.8. The smallest absolute Gasteiger partial charge is 0.264 e. The van der Waals surface area contributed by atoms with E-state index in [0.29, 0.717) is 22.4 Å². The Morgan fingerprint density at radius 3 is 2.86 bits per heavy atom. The fraction of sp³-hybridized carbons (Fsp3) is 0.200. The van der Waals surface area contributed by atoms with Gasteiger partial charge < -0.3 is 15.6 Å². The zero-order chi connectivity index (χ0) is 15.4.